The average Bonchev–Trinajstić information content (AvgIpc) is 1.40. The van der Waals surface area contributed by atoms with Crippen molar-refractivity contribution in [3.63, 3.8) is 0 Å². The topological polar surface area (TPSA) is 180 Å². The minimum absolute atomic E-state index is 0. The lowest BCUT2D eigenvalue weighted by atomic mass is 9.43. The predicted octanol–water partition coefficient (Wildman–Crippen LogP) is 19.4. The van der Waals surface area contributed by atoms with Gasteiger partial charge in [0.15, 0.2) is 0 Å². The first kappa shape index (κ1) is 80.6. The molecule has 8 N–H and O–H groups in total. The van der Waals surface area contributed by atoms with Crippen molar-refractivity contribution < 1.29 is 51.8 Å². The molecule has 10 nitrogen and oxygen atoms in total. The van der Waals surface area contributed by atoms with Crippen molar-refractivity contribution in [3.05, 3.63) is 23.3 Å². The van der Waals surface area contributed by atoms with Crippen LogP contribution in [-0.2, 0) is 9.47 Å². The minimum Gasteiger partial charge on any atom is -0.396 e. The van der Waals surface area contributed by atoms with Crippen LogP contribution in [0.1, 0.15) is 336 Å². The maximum Gasteiger partial charge on any atom is 0.0657 e. The second-order valence-corrected chi connectivity index (χ2v) is 41.5. The molecule has 0 spiro atoms. The van der Waals surface area contributed by atoms with Gasteiger partial charge in [-0.1, -0.05) is 85.6 Å². The number of hydrogen-bond donors (Lipinski definition) is 8. The fourth-order valence-electron chi connectivity index (χ4n) is 27.9. The summed E-state index contributed by atoms with van der Waals surface area (Å²) in [5, 5.41) is 82.4. The Morgan fingerprint density at radius 1 is 0.444 bits per heavy atom. The van der Waals surface area contributed by atoms with Gasteiger partial charge in [-0.3, -0.25) is 0 Å². The van der Waals surface area contributed by atoms with Crippen LogP contribution in [0.5, 0.6) is 0 Å². The standard InChI is InChI=1S/C29H50O3.C28H50O3.C28H48O3.C4H8O.H2/c1-20(11-13-26(2,30)17-18-32-6)23-9-10-24-22-8-7-21-19-27(3,31)15-16-28(21,4)25(22)12-14-29(23,24)5;2*1-19(10-12-25(2,30)16-17-29)22-8-9-23-21-7-6-20-18-26(3,31)14-15-27(20,4)24(21)11-13-28(22,23)5;1-2-4-5-3-1;/h7,20,22-25,30-31H,8-19H2,1-6H3;19-24,29-31H,6-18H2,1-5H3;6,19,21-24,29-31H,7-18H2,1-5H3;1-4H2;1H/t20-,22+,23-,24+,25+,26?,27+,28+,29-;19-,20+,21+,22-,23+,24+,25?,26+,27+,28-;19-,21+,22-,23+,24+,25?,26+,27+,28-;;/m111../s1. The number of hydrogen-bond acceptors (Lipinski definition) is 10. The maximum absolute atomic E-state index is 10.8. The Kier molecular flexibility index (Phi) is 25.2. The van der Waals surface area contributed by atoms with Gasteiger partial charge in [0.2, 0.25) is 0 Å². The molecule has 1 heterocycles. The number of rotatable bonds is 19. The molecule has 13 rings (SSSR count). The van der Waals surface area contributed by atoms with E-state index in [1.165, 1.54) is 122 Å². The molecule has 10 heteroatoms. The molecule has 0 aromatic heterocycles. The van der Waals surface area contributed by atoms with Crippen LogP contribution in [0.15, 0.2) is 23.3 Å². The largest absolute Gasteiger partial charge is 0.396 e. The molecule has 0 amide bonds. The summed E-state index contributed by atoms with van der Waals surface area (Å²) in [4.78, 5) is 0. The second kappa shape index (κ2) is 31.0. The van der Waals surface area contributed by atoms with Crippen molar-refractivity contribution in [3.8, 4) is 0 Å². The normalized spacial score (nSPS) is 46.8. The van der Waals surface area contributed by atoms with Crippen LogP contribution in [0.2, 0.25) is 0 Å². The highest BCUT2D eigenvalue weighted by Crippen LogP contribution is 2.72. The molecule has 0 aromatic rings. The highest BCUT2D eigenvalue weighted by Gasteiger charge is 2.64. The molecule has 99 heavy (non-hydrogen) atoms. The summed E-state index contributed by atoms with van der Waals surface area (Å²) in [5.41, 5.74) is 2.03. The fourth-order valence-corrected chi connectivity index (χ4v) is 27.9. The first-order valence-corrected chi connectivity index (χ1v) is 42.3. The summed E-state index contributed by atoms with van der Waals surface area (Å²) >= 11 is 0. The smallest absolute Gasteiger partial charge is 0.0657 e. The van der Waals surface area contributed by atoms with Crippen LogP contribution in [-0.4, -0.2) is 115 Å². The molecule has 0 aromatic carbocycles. The number of fused-ring (bicyclic) bond motifs is 15. The van der Waals surface area contributed by atoms with Gasteiger partial charge in [-0.15, -0.1) is 0 Å². The molecule has 10 saturated carbocycles. The van der Waals surface area contributed by atoms with Crippen LogP contribution in [0.25, 0.3) is 0 Å². The zero-order valence-corrected chi connectivity index (χ0v) is 66.8. The molecule has 12 aliphatic carbocycles. The van der Waals surface area contributed by atoms with E-state index in [2.05, 4.69) is 81.4 Å². The minimum atomic E-state index is -0.735. The molecule has 28 atom stereocenters. The lowest BCUT2D eigenvalue weighted by Gasteiger charge is -2.62. The van der Waals surface area contributed by atoms with Crippen LogP contribution >= 0.6 is 0 Å². The van der Waals surface area contributed by atoms with E-state index >= 15 is 0 Å². The van der Waals surface area contributed by atoms with Crippen molar-refractivity contribution in [2.45, 2.75) is 369 Å². The fraction of sp³-hybridized carbons (Fsp3) is 0.955. The van der Waals surface area contributed by atoms with Crippen molar-refractivity contribution >= 4 is 0 Å². The summed E-state index contributed by atoms with van der Waals surface area (Å²) in [7, 11) is 1.72. The highest BCUT2D eigenvalue weighted by molar-refractivity contribution is 5.29. The molecule has 1 saturated heterocycles. The number of aliphatic hydroxyl groups is 8. The Bertz CT molecular complexity index is 2690. The van der Waals surface area contributed by atoms with Crippen LogP contribution in [0.4, 0.5) is 0 Å². The Labute approximate surface area is 607 Å². The van der Waals surface area contributed by atoms with Crippen LogP contribution < -0.4 is 0 Å². The first-order valence-electron chi connectivity index (χ1n) is 42.3. The van der Waals surface area contributed by atoms with Gasteiger partial charge in [0, 0.05) is 41.6 Å². The van der Waals surface area contributed by atoms with Gasteiger partial charge in [0.05, 0.1) is 33.6 Å². The van der Waals surface area contributed by atoms with Crippen molar-refractivity contribution in [2.24, 2.45) is 127 Å². The number of allylic oxidation sites excluding steroid dienone is 2. The van der Waals surface area contributed by atoms with Gasteiger partial charge >= 0.3 is 0 Å². The van der Waals surface area contributed by atoms with Gasteiger partial charge in [-0.25, -0.2) is 0 Å². The molecule has 0 bridgehead atoms. The zero-order valence-electron chi connectivity index (χ0n) is 66.8. The molecule has 574 valence electrons. The molecule has 1 aliphatic heterocycles. The Hall–Kier alpha value is -0.920. The van der Waals surface area contributed by atoms with E-state index in [1.54, 1.807) is 18.3 Å². The number of ether oxygens (including phenoxy) is 2. The molecular formula is C89H158O10. The molecule has 3 unspecified atom stereocenters. The van der Waals surface area contributed by atoms with Gasteiger partial charge < -0.3 is 50.3 Å². The molecule has 0 radical (unpaired) electrons. The van der Waals surface area contributed by atoms with Gasteiger partial charge in [0.1, 0.15) is 0 Å². The van der Waals surface area contributed by atoms with E-state index in [1.807, 2.05) is 34.6 Å². The number of aliphatic hydroxyl groups excluding tert-OH is 2. The van der Waals surface area contributed by atoms with E-state index in [9.17, 15) is 40.9 Å². The highest BCUT2D eigenvalue weighted by atomic mass is 16.5. The van der Waals surface area contributed by atoms with Crippen molar-refractivity contribution in [1.29, 1.82) is 0 Å². The van der Waals surface area contributed by atoms with E-state index in [0.717, 1.165) is 181 Å². The summed E-state index contributed by atoms with van der Waals surface area (Å²) in [6.45, 7) is 37.5. The lowest BCUT2D eigenvalue weighted by Crippen LogP contribution is -2.55. The van der Waals surface area contributed by atoms with Crippen LogP contribution in [0, 0.1) is 127 Å². The Morgan fingerprint density at radius 2 is 0.818 bits per heavy atom. The van der Waals surface area contributed by atoms with E-state index in [4.69, 9.17) is 9.47 Å². The van der Waals surface area contributed by atoms with E-state index in [0.29, 0.717) is 75.6 Å². The monoisotopic (exact) mass is 1390 g/mol. The SMILES string of the molecule is C1CCOC1.COCCC(C)(O)CC[C@@H](C)[C@H]1CC[C@H]2[C@@H]3CC=C4C[C@@](C)(O)CC[C@]4(C)[C@H]3CC[C@]12C.C[C@H](CCC(C)(O)CCO)[C@H]1CC[C@H]2[C@@H]3CC=C4C[C@@](C)(O)CC[C@]4(C)[C@H]3CC[C@]12C.C[C@H](CCC(C)(O)CCO)[C@H]1CC[C@H]2[C@@H]3CC[C@H]4C[C@@](C)(O)CC[C@]4(C)[C@H]3CC[C@]12C.[HH]. The third kappa shape index (κ3) is 17.0. The number of methoxy groups -OCH3 is 1. The summed E-state index contributed by atoms with van der Waals surface area (Å²) in [5.74, 6) is 12.5. The van der Waals surface area contributed by atoms with Gasteiger partial charge in [0.25, 0.3) is 0 Å². The molecule has 13 aliphatic rings. The lowest BCUT2D eigenvalue weighted by molar-refractivity contribution is -0.148. The quantitative estimate of drug-likeness (QED) is 0.0580. The Morgan fingerprint density at radius 3 is 1.20 bits per heavy atom. The van der Waals surface area contributed by atoms with Crippen molar-refractivity contribution in [1.82, 2.24) is 0 Å². The van der Waals surface area contributed by atoms with Gasteiger partial charge in [-0.05, 0) is 400 Å². The van der Waals surface area contributed by atoms with E-state index in [-0.39, 0.29) is 14.6 Å². The molecule has 11 fully saturated rings. The molecular weight excluding hydrogens is 1230 g/mol. The summed E-state index contributed by atoms with van der Waals surface area (Å²) in [6, 6.07) is 0. The third-order valence-corrected chi connectivity index (χ3v) is 34.4. The van der Waals surface area contributed by atoms with E-state index < -0.39 is 33.6 Å². The zero-order chi connectivity index (χ0) is 72.2. The maximum atomic E-state index is 10.8. The van der Waals surface area contributed by atoms with Gasteiger partial charge in [-0.2, -0.15) is 0 Å². The average molecular weight is 1390 g/mol. The van der Waals surface area contributed by atoms with Crippen LogP contribution in [0.3, 0.4) is 0 Å². The summed E-state index contributed by atoms with van der Waals surface area (Å²) < 4.78 is 10.1. The second-order valence-electron chi connectivity index (χ2n) is 41.5. The Balaban J connectivity index is 0.000000168. The van der Waals surface area contributed by atoms with Crippen molar-refractivity contribution in [2.75, 3.05) is 40.1 Å². The predicted molar refractivity (Wildman–Crippen MR) is 407 cm³/mol. The third-order valence-electron chi connectivity index (χ3n) is 34.4. The summed E-state index contributed by atoms with van der Waals surface area (Å²) in [6.07, 6.45) is 45.9. The first-order chi connectivity index (χ1) is 46.3.